The molecule has 0 bridgehead atoms. The maximum absolute atomic E-state index is 4.68. The Morgan fingerprint density at radius 1 is 0.370 bits per heavy atom. The number of benzene rings is 8. The summed E-state index contributed by atoms with van der Waals surface area (Å²) in [6, 6.07) is 56.2. The summed E-state index contributed by atoms with van der Waals surface area (Å²) in [6.07, 6.45) is 0. The highest BCUT2D eigenvalue weighted by atomic mass is 15.3. The normalized spacial score (nSPS) is 11.9. The molecule has 2 aromatic heterocycles. The zero-order chi connectivity index (χ0) is 30.2. The molecular formula is C42H26N4. The molecule has 0 aliphatic heterocycles. The van der Waals surface area contributed by atoms with Crippen molar-refractivity contribution in [2.24, 2.45) is 0 Å². The lowest BCUT2D eigenvalue weighted by atomic mass is 9.92. The van der Waals surface area contributed by atoms with Crippen LogP contribution in [-0.4, -0.2) is 19.3 Å². The van der Waals surface area contributed by atoms with E-state index in [1.54, 1.807) is 0 Å². The van der Waals surface area contributed by atoms with E-state index in [0.29, 0.717) is 0 Å². The lowest BCUT2D eigenvalue weighted by Crippen LogP contribution is -2.01. The summed E-state index contributed by atoms with van der Waals surface area (Å²) in [4.78, 5) is 0. The van der Waals surface area contributed by atoms with Crippen molar-refractivity contribution >= 4 is 54.1 Å². The minimum Gasteiger partial charge on any atom is -0.309 e. The van der Waals surface area contributed by atoms with E-state index in [0.717, 1.165) is 34.2 Å². The van der Waals surface area contributed by atoms with Gasteiger partial charge in [0.25, 0.3) is 0 Å². The van der Waals surface area contributed by atoms with Crippen molar-refractivity contribution in [1.29, 1.82) is 0 Å². The van der Waals surface area contributed by atoms with Crippen molar-refractivity contribution in [2.75, 3.05) is 0 Å². The second-order valence-electron chi connectivity index (χ2n) is 11.9. The fraction of sp³-hybridized carbons (Fsp3) is 0. The molecule has 2 heterocycles. The fourth-order valence-corrected chi connectivity index (χ4v) is 7.35. The van der Waals surface area contributed by atoms with Crippen molar-refractivity contribution in [1.82, 2.24) is 19.3 Å². The lowest BCUT2D eigenvalue weighted by Gasteiger charge is -2.15. The molecule has 0 amide bonds. The molecule has 0 aliphatic rings. The first-order valence-corrected chi connectivity index (χ1v) is 15.6. The molecule has 0 aliphatic carbocycles. The SMILES string of the molecule is c1ccc(-c2nnc(-c3ccccc3)n2-c2ccc(-n3c4ccccc4c4cc5ccc6cccc7ccc(c5c67)c43)cc2)cc1. The molecule has 4 nitrogen and oxygen atoms in total. The topological polar surface area (TPSA) is 35.6 Å². The molecule has 46 heavy (non-hydrogen) atoms. The predicted molar refractivity (Wildman–Crippen MR) is 190 cm³/mol. The molecule has 0 N–H and O–H groups in total. The van der Waals surface area contributed by atoms with Gasteiger partial charge >= 0.3 is 0 Å². The number of aromatic nitrogens is 4. The van der Waals surface area contributed by atoms with Gasteiger partial charge in [0.15, 0.2) is 11.6 Å². The summed E-state index contributed by atoms with van der Waals surface area (Å²) < 4.78 is 4.59. The standard InChI is InChI=1S/C42H26N4/c1-3-10-29(11-4-1)41-43-44-42(30-12-5-2-6-13-30)46(41)33-23-21-32(22-24-33)45-37-17-8-7-16-34(37)36-26-31-19-18-27-14-9-15-28-20-25-35(40(36)45)39(31)38(27)28/h1-26H. The number of rotatable bonds is 4. The third-order valence-electron chi connectivity index (χ3n) is 9.37. The van der Waals surface area contributed by atoms with Crippen LogP contribution < -0.4 is 0 Å². The third kappa shape index (κ3) is 3.55. The quantitative estimate of drug-likeness (QED) is 0.192. The zero-order valence-electron chi connectivity index (χ0n) is 24.8. The van der Waals surface area contributed by atoms with Crippen molar-refractivity contribution in [3.63, 3.8) is 0 Å². The Labute approximate surface area is 264 Å². The summed E-state index contributed by atoms with van der Waals surface area (Å²) in [5.74, 6) is 1.63. The molecule has 10 aromatic rings. The van der Waals surface area contributed by atoms with Gasteiger partial charge in [0.1, 0.15) is 0 Å². The van der Waals surface area contributed by atoms with E-state index in [1.165, 1.54) is 54.1 Å². The molecule has 10 rings (SSSR count). The number of nitrogens with zero attached hydrogens (tertiary/aromatic N) is 4. The summed E-state index contributed by atoms with van der Waals surface area (Å²) in [6.45, 7) is 0. The largest absolute Gasteiger partial charge is 0.309 e. The summed E-state index contributed by atoms with van der Waals surface area (Å²) in [5.41, 5.74) is 6.59. The average Bonchev–Trinajstić information content (AvgIpc) is 3.72. The number of fused-ring (bicyclic) bond motifs is 4. The average molecular weight is 587 g/mol. The molecular weight excluding hydrogens is 560 g/mol. The Morgan fingerprint density at radius 2 is 0.935 bits per heavy atom. The van der Waals surface area contributed by atoms with Crippen LogP contribution in [0.15, 0.2) is 158 Å². The predicted octanol–water partition coefficient (Wildman–Crippen LogP) is 10.6. The van der Waals surface area contributed by atoms with Gasteiger partial charge in [-0.05, 0) is 63.3 Å². The van der Waals surface area contributed by atoms with E-state index in [9.17, 15) is 0 Å². The van der Waals surface area contributed by atoms with Crippen LogP contribution in [0.3, 0.4) is 0 Å². The third-order valence-corrected chi connectivity index (χ3v) is 9.37. The van der Waals surface area contributed by atoms with Gasteiger partial charge in [-0.15, -0.1) is 10.2 Å². The first-order valence-electron chi connectivity index (χ1n) is 15.6. The summed E-state index contributed by atoms with van der Waals surface area (Å²) in [7, 11) is 0. The van der Waals surface area contributed by atoms with Crippen LogP contribution in [0.4, 0.5) is 0 Å². The first kappa shape index (κ1) is 25.1. The van der Waals surface area contributed by atoms with Gasteiger partial charge in [0.2, 0.25) is 0 Å². The van der Waals surface area contributed by atoms with Crippen LogP contribution in [0.2, 0.25) is 0 Å². The highest BCUT2D eigenvalue weighted by Crippen LogP contribution is 2.43. The van der Waals surface area contributed by atoms with Crippen LogP contribution in [-0.2, 0) is 0 Å². The van der Waals surface area contributed by atoms with E-state index in [1.807, 2.05) is 36.4 Å². The van der Waals surface area contributed by atoms with Crippen LogP contribution >= 0.6 is 0 Å². The molecule has 0 unspecified atom stereocenters. The van der Waals surface area contributed by atoms with Gasteiger partial charge in [-0.2, -0.15) is 0 Å². The molecule has 0 spiro atoms. The molecule has 0 fully saturated rings. The van der Waals surface area contributed by atoms with E-state index in [4.69, 9.17) is 0 Å². The van der Waals surface area contributed by atoms with E-state index in [2.05, 4.69) is 141 Å². The Kier molecular flexibility index (Phi) is 5.25. The van der Waals surface area contributed by atoms with E-state index >= 15 is 0 Å². The molecule has 0 radical (unpaired) electrons. The Bertz CT molecular complexity index is 2650. The monoisotopic (exact) mass is 586 g/mol. The van der Waals surface area contributed by atoms with Gasteiger partial charge in [-0.1, -0.05) is 121 Å². The fourth-order valence-electron chi connectivity index (χ4n) is 7.35. The lowest BCUT2D eigenvalue weighted by molar-refractivity contribution is 1.07. The molecule has 214 valence electrons. The number of hydrogen-bond donors (Lipinski definition) is 0. The number of para-hydroxylation sites is 1. The van der Waals surface area contributed by atoms with Gasteiger partial charge < -0.3 is 4.57 Å². The first-order chi connectivity index (χ1) is 22.8. The van der Waals surface area contributed by atoms with Crippen molar-refractivity contribution < 1.29 is 0 Å². The summed E-state index contributed by atoms with van der Waals surface area (Å²) in [5, 5.41) is 19.6. The Morgan fingerprint density at radius 3 is 1.61 bits per heavy atom. The minimum absolute atomic E-state index is 0.813. The Hall–Kier alpha value is -6.26. The van der Waals surface area contributed by atoms with Gasteiger partial charge in [0, 0.05) is 38.7 Å². The van der Waals surface area contributed by atoms with Crippen LogP contribution in [0, 0.1) is 0 Å². The van der Waals surface area contributed by atoms with Gasteiger partial charge in [0.05, 0.1) is 11.0 Å². The zero-order valence-corrected chi connectivity index (χ0v) is 24.8. The molecule has 8 aromatic carbocycles. The molecule has 0 saturated carbocycles. The maximum atomic E-state index is 4.68. The van der Waals surface area contributed by atoms with E-state index in [-0.39, 0.29) is 0 Å². The van der Waals surface area contributed by atoms with Gasteiger partial charge in [-0.25, -0.2) is 0 Å². The van der Waals surface area contributed by atoms with Crippen molar-refractivity contribution in [2.45, 2.75) is 0 Å². The highest BCUT2D eigenvalue weighted by Gasteiger charge is 2.20. The second kappa shape index (κ2) is 9.62. The van der Waals surface area contributed by atoms with Crippen molar-refractivity contribution in [3.8, 4) is 34.2 Å². The minimum atomic E-state index is 0.813. The van der Waals surface area contributed by atoms with Crippen molar-refractivity contribution in [3.05, 3.63) is 158 Å². The molecule has 0 atom stereocenters. The Balaban J connectivity index is 1.23. The highest BCUT2D eigenvalue weighted by molar-refractivity contribution is 6.31. The second-order valence-corrected chi connectivity index (χ2v) is 11.9. The smallest absolute Gasteiger partial charge is 0.168 e. The van der Waals surface area contributed by atoms with Crippen LogP contribution in [0.1, 0.15) is 0 Å². The molecule has 0 saturated heterocycles. The maximum Gasteiger partial charge on any atom is 0.168 e. The van der Waals surface area contributed by atoms with Crippen LogP contribution in [0.25, 0.3) is 88.3 Å². The number of hydrogen-bond acceptors (Lipinski definition) is 2. The molecule has 4 heteroatoms. The summed E-state index contributed by atoms with van der Waals surface area (Å²) >= 11 is 0. The van der Waals surface area contributed by atoms with Gasteiger partial charge in [-0.3, -0.25) is 4.57 Å². The van der Waals surface area contributed by atoms with Crippen LogP contribution in [0.5, 0.6) is 0 Å². The van der Waals surface area contributed by atoms with E-state index < -0.39 is 0 Å².